The van der Waals surface area contributed by atoms with Gasteiger partial charge in [0.25, 0.3) is 5.91 Å². The number of carbonyl (C=O) groups is 1. The average Bonchev–Trinajstić information content (AvgIpc) is 3.09. The Balaban J connectivity index is 1.56. The third-order valence-electron chi connectivity index (χ3n) is 4.12. The minimum atomic E-state index is -0.242. The summed E-state index contributed by atoms with van der Waals surface area (Å²) in [5, 5.41) is 4.05. The molecule has 0 aliphatic rings. The molecule has 28 heavy (non-hydrogen) atoms. The van der Waals surface area contributed by atoms with Crippen molar-refractivity contribution in [1.82, 2.24) is 20.0 Å². The first-order valence-electron chi connectivity index (χ1n) is 8.65. The molecule has 0 spiro atoms. The van der Waals surface area contributed by atoms with Crippen molar-refractivity contribution < 1.29 is 4.79 Å². The van der Waals surface area contributed by atoms with Gasteiger partial charge in [0.15, 0.2) is 5.82 Å². The lowest BCUT2D eigenvalue weighted by atomic mass is 10.2. The summed E-state index contributed by atoms with van der Waals surface area (Å²) in [6.45, 7) is 0.0874. The number of carbonyl (C=O) groups excluding carboxylic acids is 1. The minimum Gasteiger partial charge on any atom is -0.313 e. The summed E-state index contributed by atoms with van der Waals surface area (Å²) in [5.41, 5.74) is 5.87. The van der Waals surface area contributed by atoms with Gasteiger partial charge in [-0.1, -0.05) is 46.3 Å². The number of hydrogen-bond acceptors (Lipinski definition) is 4. The summed E-state index contributed by atoms with van der Waals surface area (Å²) in [6.07, 6.45) is 3.32. The molecule has 0 atom stereocenters. The van der Waals surface area contributed by atoms with Crippen LogP contribution in [-0.4, -0.2) is 26.7 Å². The lowest BCUT2D eigenvalue weighted by Crippen LogP contribution is -2.23. The van der Waals surface area contributed by atoms with E-state index in [4.69, 9.17) is 0 Å². The van der Waals surface area contributed by atoms with Crippen LogP contribution in [-0.2, 0) is 11.3 Å². The number of nitrogens with zero attached hydrogens (tertiary/aromatic N) is 4. The van der Waals surface area contributed by atoms with Crippen molar-refractivity contribution in [1.29, 1.82) is 0 Å². The molecule has 7 heteroatoms. The number of hydrogen-bond donors (Lipinski definition) is 1. The van der Waals surface area contributed by atoms with Crippen LogP contribution >= 0.6 is 15.9 Å². The van der Waals surface area contributed by atoms with E-state index in [2.05, 4.69) is 36.4 Å². The van der Waals surface area contributed by atoms with E-state index >= 15 is 0 Å². The Kier molecular flexibility index (Phi) is 5.25. The zero-order chi connectivity index (χ0) is 19.3. The van der Waals surface area contributed by atoms with Gasteiger partial charge in [-0.05, 0) is 42.0 Å². The van der Waals surface area contributed by atoms with E-state index in [0.717, 1.165) is 21.1 Å². The second-order valence-electron chi connectivity index (χ2n) is 6.07. The molecular formula is C21H16BrN5O. The number of fused-ring (bicyclic) bond motifs is 1. The van der Waals surface area contributed by atoms with Gasteiger partial charge in [-0.25, -0.2) is 10.4 Å². The lowest BCUT2D eigenvalue weighted by molar-refractivity contribution is -0.121. The highest BCUT2D eigenvalue weighted by atomic mass is 79.9. The van der Waals surface area contributed by atoms with Gasteiger partial charge in [0.2, 0.25) is 0 Å². The van der Waals surface area contributed by atoms with Crippen LogP contribution < -0.4 is 5.43 Å². The Morgan fingerprint density at radius 2 is 1.86 bits per heavy atom. The number of imidazole rings is 1. The molecule has 0 saturated carbocycles. The Labute approximate surface area is 170 Å². The van der Waals surface area contributed by atoms with Crippen molar-refractivity contribution in [3.63, 3.8) is 0 Å². The predicted molar refractivity (Wildman–Crippen MR) is 113 cm³/mol. The molecule has 2 aromatic heterocycles. The van der Waals surface area contributed by atoms with Crippen LogP contribution in [0.15, 0.2) is 82.5 Å². The smallest absolute Gasteiger partial charge is 0.260 e. The zero-order valence-corrected chi connectivity index (χ0v) is 16.4. The van der Waals surface area contributed by atoms with Gasteiger partial charge in [0.05, 0.1) is 17.2 Å². The fourth-order valence-electron chi connectivity index (χ4n) is 2.83. The van der Waals surface area contributed by atoms with Crippen molar-refractivity contribution in [3.05, 3.63) is 83.0 Å². The standard InChI is InChI=1S/C21H16BrN5O/c22-16-10-8-15(9-11-16)13-24-26-20(28)14-27-19-7-2-1-5-17(19)25-21(27)18-6-3-4-12-23-18/h1-13H,14H2,(H,26,28)/b24-13-. The minimum absolute atomic E-state index is 0.0874. The van der Waals surface area contributed by atoms with Crippen molar-refractivity contribution in [3.8, 4) is 11.5 Å². The van der Waals surface area contributed by atoms with E-state index in [1.54, 1.807) is 12.4 Å². The highest BCUT2D eigenvalue weighted by Crippen LogP contribution is 2.23. The maximum atomic E-state index is 12.5. The second kappa shape index (κ2) is 8.14. The number of pyridine rings is 1. The normalized spacial score (nSPS) is 11.2. The highest BCUT2D eigenvalue weighted by molar-refractivity contribution is 9.10. The van der Waals surface area contributed by atoms with Gasteiger partial charge in [0, 0.05) is 10.7 Å². The number of aromatic nitrogens is 3. The molecule has 2 aromatic carbocycles. The molecule has 4 aromatic rings. The number of hydrazone groups is 1. The number of para-hydroxylation sites is 2. The zero-order valence-electron chi connectivity index (χ0n) is 14.8. The quantitative estimate of drug-likeness (QED) is 0.381. The van der Waals surface area contributed by atoms with Crippen molar-refractivity contribution >= 4 is 39.1 Å². The summed E-state index contributed by atoms with van der Waals surface area (Å²) in [6, 6.07) is 21.0. The first-order chi connectivity index (χ1) is 13.7. The van der Waals surface area contributed by atoms with Gasteiger partial charge in [-0.2, -0.15) is 5.10 Å². The SMILES string of the molecule is O=C(Cn1c(-c2ccccn2)nc2ccccc21)N/N=C\c1ccc(Br)cc1. The highest BCUT2D eigenvalue weighted by Gasteiger charge is 2.15. The first-order valence-corrected chi connectivity index (χ1v) is 9.44. The fraction of sp³-hybridized carbons (Fsp3) is 0.0476. The predicted octanol–water partition coefficient (Wildman–Crippen LogP) is 4.01. The number of halogens is 1. The summed E-state index contributed by atoms with van der Waals surface area (Å²) in [5.74, 6) is 0.405. The Bertz CT molecular complexity index is 1140. The molecular weight excluding hydrogens is 418 g/mol. The molecule has 0 saturated heterocycles. The Morgan fingerprint density at radius 1 is 1.07 bits per heavy atom. The monoisotopic (exact) mass is 433 g/mol. The van der Waals surface area contributed by atoms with Crippen LogP contribution in [0.25, 0.3) is 22.6 Å². The third kappa shape index (κ3) is 3.99. The van der Waals surface area contributed by atoms with Gasteiger partial charge >= 0.3 is 0 Å². The number of amides is 1. The van der Waals surface area contributed by atoms with Crippen molar-refractivity contribution in [2.75, 3.05) is 0 Å². The van der Waals surface area contributed by atoms with Crippen molar-refractivity contribution in [2.24, 2.45) is 5.10 Å². The lowest BCUT2D eigenvalue weighted by Gasteiger charge is -2.07. The second-order valence-corrected chi connectivity index (χ2v) is 6.99. The summed E-state index contributed by atoms with van der Waals surface area (Å²) in [4.78, 5) is 21.5. The summed E-state index contributed by atoms with van der Waals surface area (Å²) >= 11 is 3.39. The van der Waals surface area contributed by atoms with Crippen LogP contribution in [0.1, 0.15) is 5.56 Å². The first kappa shape index (κ1) is 18.1. The maximum absolute atomic E-state index is 12.5. The van der Waals surface area contributed by atoms with Gasteiger partial charge < -0.3 is 4.57 Å². The fourth-order valence-corrected chi connectivity index (χ4v) is 3.10. The van der Waals surface area contributed by atoms with Crippen LogP contribution in [0, 0.1) is 0 Å². The van der Waals surface area contributed by atoms with Crippen LogP contribution in [0.3, 0.4) is 0 Å². The molecule has 1 amide bonds. The van der Waals surface area contributed by atoms with E-state index in [1.165, 1.54) is 0 Å². The molecule has 0 aliphatic carbocycles. The van der Waals surface area contributed by atoms with E-state index in [0.29, 0.717) is 11.5 Å². The molecule has 1 N–H and O–H groups in total. The molecule has 0 aliphatic heterocycles. The van der Waals surface area contributed by atoms with E-state index in [9.17, 15) is 4.79 Å². The molecule has 2 heterocycles. The molecule has 0 radical (unpaired) electrons. The molecule has 0 bridgehead atoms. The number of rotatable bonds is 5. The average molecular weight is 434 g/mol. The van der Waals surface area contributed by atoms with E-state index in [-0.39, 0.29) is 12.5 Å². The van der Waals surface area contributed by atoms with Crippen LogP contribution in [0.4, 0.5) is 0 Å². The van der Waals surface area contributed by atoms with Gasteiger partial charge in [-0.3, -0.25) is 9.78 Å². The summed E-state index contributed by atoms with van der Waals surface area (Å²) < 4.78 is 2.84. The molecule has 0 unspecified atom stereocenters. The molecule has 6 nitrogen and oxygen atoms in total. The maximum Gasteiger partial charge on any atom is 0.260 e. The van der Waals surface area contributed by atoms with Gasteiger partial charge in [0.1, 0.15) is 12.2 Å². The Morgan fingerprint density at radius 3 is 2.64 bits per heavy atom. The van der Waals surface area contributed by atoms with E-state index in [1.807, 2.05) is 71.3 Å². The van der Waals surface area contributed by atoms with E-state index < -0.39 is 0 Å². The molecule has 4 rings (SSSR count). The van der Waals surface area contributed by atoms with Crippen LogP contribution in [0.5, 0.6) is 0 Å². The third-order valence-corrected chi connectivity index (χ3v) is 4.65. The summed E-state index contributed by atoms with van der Waals surface area (Å²) in [7, 11) is 0. The topological polar surface area (TPSA) is 72.2 Å². The molecule has 0 fully saturated rings. The van der Waals surface area contributed by atoms with Crippen LogP contribution in [0.2, 0.25) is 0 Å². The van der Waals surface area contributed by atoms with Gasteiger partial charge in [-0.15, -0.1) is 0 Å². The molecule has 138 valence electrons. The number of benzene rings is 2. The van der Waals surface area contributed by atoms with Crippen molar-refractivity contribution in [2.45, 2.75) is 6.54 Å². The number of nitrogens with one attached hydrogen (secondary N) is 1. The Hall–Kier alpha value is -3.32. The largest absolute Gasteiger partial charge is 0.313 e.